The molecule has 1 saturated carbocycles. The number of halogens is 1. The minimum Gasteiger partial charge on any atom is -0.495 e. The van der Waals surface area contributed by atoms with E-state index in [0.717, 1.165) is 25.7 Å². The Labute approximate surface area is 192 Å². The number of aryl methyl sites for hydroxylation is 1. The molecule has 2 amide bonds. The smallest absolute Gasteiger partial charge is 0.265 e. The number of rotatable bonds is 6. The fraction of sp³-hybridized carbons (Fsp3) is 0.391. The van der Waals surface area contributed by atoms with Gasteiger partial charge in [-0.1, -0.05) is 30.5 Å². The molecule has 0 aromatic heterocycles. The Kier molecular flexibility index (Phi) is 6.18. The van der Waals surface area contributed by atoms with E-state index in [2.05, 4.69) is 4.72 Å². The molecule has 170 valence electrons. The Morgan fingerprint density at radius 2 is 1.72 bits per heavy atom. The molecular weight excluding hydrogens is 452 g/mol. The van der Waals surface area contributed by atoms with Gasteiger partial charge in [-0.2, -0.15) is 0 Å². The van der Waals surface area contributed by atoms with Crippen LogP contribution in [0.15, 0.2) is 41.3 Å². The second kappa shape index (κ2) is 8.75. The highest BCUT2D eigenvalue weighted by atomic mass is 35.5. The lowest BCUT2D eigenvalue weighted by Crippen LogP contribution is -2.30. The van der Waals surface area contributed by atoms with Crippen LogP contribution in [0.3, 0.4) is 0 Å². The van der Waals surface area contributed by atoms with Crippen molar-refractivity contribution in [3.63, 3.8) is 0 Å². The van der Waals surface area contributed by atoms with E-state index in [9.17, 15) is 18.0 Å². The molecule has 0 unspecified atom stereocenters. The number of nitrogens with one attached hydrogen (secondary N) is 1. The number of nitrogens with zero attached hydrogens (tertiary/aromatic N) is 1. The first-order chi connectivity index (χ1) is 15.2. The molecule has 2 fully saturated rings. The van der Waals surface area contributed by atoms with E-state index in [4.69, 9.17) is 16.3 Å². The number of imide groups is 1. The minimum atomic E-state index is -4.00. The molecule has 2 aromatic carbocycles. The van der Waals surface area contributed by atoms with Crippen molar-refractivity contribution in [2.45, 2.75) is 44.0 Å². The summed E-state index contributed by atoms with van der Waals surface area (Å²) in [6.45, 7) is 1.79. The number of benzene rings is 2. The van der Waals surface area contributed by atoms with E-state index in [1.165, 1.54) is 24.1 Å². The van der Waals surface area contributed by atoms with Crippen molar-refractivity contribution < 1.29 is 22.7 Å². The summed E-state index contributed by atoms with van der Waals surface area (Å²) in [5.74, 6) is -0.634. The van der Waals surface area contributed by atoms with Gasteiger partial charge >= 0.3 is 0 Å². The van der Waals surface area contributed by atoms with Crippen LogP contribution in [0.4, 0.5) is 5.69 Å². The van der Waals surface area contributed by atoms with Gasteiger partial charge < -0.3 is 4.74 Å². The standard InChI is InChI=1S/C23H25ClN2O5S/c1-14-11-16(24)8-9-19(14)25-32(29,30)21-12-15(7-10-20(21)31-2)13-26-22(27)17-5-3-4-6-18(17)23(26)28/h7-12,17-18,25H,3-6,13H2,1-2H3/t17-,18-/m0/s1. The molecule has 2 aliphatic rings. The normalized spacial score (nSPS) is 20.9. The van der Waals surface area contributed by atoms with Crippen molar-refractivity contribution in [2.24, 2.45) is 11.8 Å². The van der Waals surface area contributed by atoms with Crippen molar-refractivity contribution >= 4 is 39.1 Å². The summed E-state index contributed by atoms with van der Waals surface area (Å²) < 4.78 is 34.2. The number of hydrogen-bond acceptors (Lipinski definition) is 5. The maximum absolute atomic E-state index is 13.2. The van der Waals surface area contributed by atoms with E-state index in [1.54, 1.807) is 31.2 Å². The van der Waals surface area contributed by atoms with Crippen LogP contribution in [-0.2, 0) is 26.2 Å². The molecule has 32 heavy (non-hydrogen) atoms. The monoisotopic (exact) mass is 476 g/mol. The second-order valence-corrected chi connectivity index (χ2v) is 10.4. The molecule has 0 bridgehead atoms. The quantitative estimate of drug-likeness (QED) is 0.632. The van der Waals surface area contributed by atoms with Crippen molar-refractivity contribution in [3.05, 3.63) is 52.5 Å². The highest BCUT2D eigenvalue weighted by Crippen LogP contribution is 2.39. The zero-order valence-corrected chi connectivity index (χ0v) is 19.5. The topological polar surface area (TPSA) is 92.8 Å². The average Bonchev–Trinajstić information content (AvgIpc) is 3.01. The number of carbonyl (C=O) groups is 2. The summed E-state index contributed by atoms with van der Waals surface area (Å²) in [7, 11) is -2.61. The van der Waals surface area contributed by atoms with Crippen LogP contribution in [0.5, 0.6) is 5.75 Å². The molecule has 9 heteroatoms. The van der Waals surface area contributed by atoms with Gasteiger partial charge in [0.25, 0.3) is 10.0 Å². The van der Waals surface area contributed by atoms with Crippen molar-refractivity contribution in [1.82, 2.24) is 4.90 Å². The number of sulfonamides is 1. The molecule has 1 heterocycles. The number of ether oxygens (including phenoxy) is 1. The molecule has 2 atom stereocenters. The van der Waals surface area contributed by atoms with E-state index in [1.807, 2.05) is 0 Å². The highest BCUT2D eigenvalue weighted by Gasteiger charge is 2.47. The van der Waals surface area contributed by atoms with Crippen molar-refractivity contribution in [1.29, 1.82) is 0 Å². The van der Waals surface area contributed by atoms with Crippen LogP contribution in [0.2, 0.25) is 5.02 Å². The first-order valence-electron chi connectivity index (χ1n) is 10.5. The summed E-state index contributed by atoms with van der Waals surface area (Å²) in [6, 6.07) is 9.52. The molecule has 7 nitrogen and oxygen atoms in total. The summed E-state index contributed by atoms with van der Waals surface area (Å²) in [4.78, 5) is 26.8. The van der Waals surface area contributed by atoms with Gasteiger partial charge in [-0.05, 0) is 61.2 Å². The van der Waals surface area contributed by atoms with Gasteiger partial charge in [0, 0.05) is 5.02 Å². The molecule has 4 rings (SSSR count). The third-order valence-electron chi connectivity index (χ3n) is 6.22. The molecule has 1 N–H and O–H groups in total. The van der Waals surface area contributed by atoms with Crippen molar-refractivity contribution in [3.8, 4) is 5.75 Å². The number of anilines is 1. The van der Waals surface area contributed by atoms with Gasteiger partial charge in [-0.3, -0.25) is 19.2 Å². The highest BCUT2D eigenvalue weighted by molar-refractivity contribution is 7.92. The fourth-order valence-corrected chi connectivity index (χ4v) is 6.12. The number of likely N-dealkylation sites (tertiary alicyclic amines) is 1. The molecular formula is C23H25ClN2O5S. The summed E-state index contributed by atoms with van der Waals surface area (Å²) in [6.07, 6.45) is 3.38. The molecule has 1 aliphatic carbocycles. The second-order valence-electron chi connectivity index (χ2n) is 8.31. The van der Waals surface area contributed by atoms with Crippen LogP contribution in [0.1, 0.15) is 36.8 Å². The lowest BCUT2D eigenvalue weighted by molar-refractivity contribution is -0.140. The SMILES string of the molecule is COc1ccc(CN2C(=O)[C@H]3CCCC[C@@H]3C2=O)cc1S(=O)(=O)Nc1ccc(Cl)cc1C. The van der Waals surface area contributed by atoms with Gasteiger partial charge in [0.1, 0.15) is 10.6 Å². The molecule has 1 aliphatic heterocycles. The Bertz CT molecular complexity index is 1160. The van der Waals surface area contributed by atoms with Gasteiger partial charge in [-0.25, -0.2) is 8.42 Å². The van der Waals surface area contributed by atoms with Gasteiger partial charge in [0.2, 0.25) is 11.8 Å². The van der Waals surface area contributed by atoms with Crippen molar-refractivity contribution in [2.75, 3.05) is 11.8 Å². The Balaban J connectivity index is 1.63. The van der Waals surface area contributed by atoms with E-state index >= 15 is 0 Å². The number of fused-ring (bicyclic) bond motifs is 1. The summed E-state index contributed by atoms with van der Waals surface area (Å²) in [5.41, 5.74) is 1.61. The Hall–Kier alpha value is -2.58. The first kappa shape index (κ1) is 22.6. The molecule has 2 aromatic rings. The lowest BCUT2D eigenvalue weighted by Gasteiger charge is -2.19. The minimum absolute atomic E-state index is 0.0388. The fourth-order valence-electron chi connectivity index (χ4n) is 4.54. The number of methoxy groups -OCH3 is 1. The molecule has 1 saturated heterocycles. The summed E-state index contributed by atoms with van der Waals surface area (Å²) >= 11 is 5.97. The molecule has 0 radical (unpaired) electrons. The zero-order chi connectivity index (χ0) is 23.0. The zero-order valence-electron chi connectivity index (χ0n) is 17.9. The van der Waals surface area contributed by atoms with Crippen LogP contribution >= 0.6 is 11.6 Å². The van der Waals surface area contributed by atoms with Crippen LogP contribution in [0, 0.1) is 18.8 Å². The van der Waals surface area contributed by atoms with Crippen LogP contribution in [-0.4, -0.2) is 32.2 Å². The number of carbonyl (C=O) groups excluding carboxylic acids is 2. The van der Waals surface area contributed by atoms with E-state index in [-0.39, 0.29) is 40.8 Å². The maximum atomic E-state index is 13.2. The Morgan fingerprint density at radius 3 is 2.31 bits per heavy atom. The third kappa shape index (κ3) is 4.21. The van der Waals surface area contributed by atoms with Crippen LogP contribution < -0.4 is 9.46 Å². The van der Waals surface area contributed by atoms with E-state index in [0.29, 0.717) is 21.8 Å². The lowest BCUT2D eigenvalue weighted by atomic mass is 9.81. The maximum Gasteiger partial charge on any atom is 0.265 e. The van der Waals surface area contributed by atoms with Gasteiger partial charge in [0.05, 0.1) is 31.2 Å². The third-order valence-corrected chi connectivity index (χ3v) is 7.85. The number of hydrogen-bond donors (Lipinski definition) is 1. The van der Waals surface area contributed by atoms with Crippen LogP contribution in [0.25, 0.3) is 0 Å². The molecule has 0 spiro atoms. The predicted molar refractivity (Wildman–Crippen MR) is 121 cm³/mol. The summed E-state index contributed by atoms with van der Waals surface area (Å²) in [5, 5.41) is 0.505. The van der Waals surface area contributed by atoms with E-state index < -0.39 is 10.0 Å². The predicted octanol–water partition coefficient (Wildman–Crippen LogP) is 4.13. The largest absolute Gasteiger partial charge is 0.495 e. The average molecular weight is 477 g/mol. The van der Waals surface area contributed by atoms with Gasteiger partial charge in [-0.15, -0.1) is 0 Å². The van der Waals surface area contributed by atoms with Gasteiger partial charge in [0.15, 0.2) is 0 Å². The Morgan fingerprint density at radius 1 is 1.06 bits per heavy atom. The number of amides is 2. The first-order valence-corrected chi connectivity index (χ1v) is 12.4.